The number of ether oxygens (including phenoxy) is 1. The van der Waals surface area contributed by atoms with Crippen LogP contribution in [-0.4, -0.2) is 34.5 Å². The highest BCUT2D eigenvalue weighted by molar-refractivity contribution is 5.70. The maximum Gasteiger partial charge on any atom is 0.309 e. The van der Waals surface area contributed by atoms with E-state index in [9.17, 15) is 9.90 Å². The van der Waals surface area contributed by atoms with E-state index in [2.05, 4.69) is 0 Å². The minimum atomic E-state index is -1.05. The lowest BCUT2D eigenvalue weighted by Gasteiger charge is -2.17. The van der Waals surface area contributed by atoms with E-state index in [1.807, 2.05) is 0 Å². The zero-order valence-corrected chi connectivity index (χ0v) is 7.70. The van der Waals surface area contributed by atoms with E-state index >= 15 is 0 Å². The summed E-state index contributed by atoms with van der Waals surface area (Å²) in [6, 6.07) is 0. The summed E-state index contributed by atoms with van der Waals surface area (Å²) in [7, 11) is 0. The fraction of sp³-hybridized carbons (Fsp3) is 0.875. The van der Waals surface area contributed by atoms with Crippen molar-refractivity contribution in [2.75, 3.05) is 6.61 Å². The van der Waals surface area contributed by atoms with E-state index in [1.54, 1.807) is 6.92 Å². The fourth-order valence-electron chi connectivity index (χ4n) is 0.657. The molecule has 0 aliphatic carbocycles. The molecule has 4 heteroatoms. The normalized spacial score (nSPS) is 14.1. The highest BCUT2D eigenvalue weighted by Crippen LogP contribution is 2.08. The van der Waals surface area contributed by atoms with Gasteiger partial charge in [0.2, 0.25) is 0 Å². The number of carbonyl (C=O) groups is 1. The first-order valence-corrected chi connectivity index (χ1v) is 3.88. The summed E-state index contributed by atoms with van der Waals surface area (Å²) in [6.07, 6.45) is -0.558. The second kappa shape index (κ2) is 4.42. The standard InChI is InChI=1S/C8H16O4/c1-6(5-9)12-7(10)4-8(2,3)11/h6,9,11H,4-5H2,1-3H3. The Morgan fingerprint density at radius 3 is 2.42 bits per heavy atom. The molecule has 0 radical (unpaired) electrons. The summed E-state index contributed by atoms with van der Waals surface area (Å²) in [5, 5.41) is 17.8. The van der Waals surface area contributed by atoms with Crippen LogP contribution in [-0.2, 0) is 9.53 Å². The van der Waals surface area contributed by atoms with Gasteiger partial charge in [-0.15, -0.1) is 0 Å². The first kappa shape index (κ1) is 11.4. The molecule has 0 saturated heterocycles. The Morgan fingerprint density at radius 2 is 2.08 bits per heavy atom. The summed E-state index contributed by atoms with van der Waals surface area (Å²) in [5.74, 6) is -0.496. The predicted octanol–water partition coefficient (Wildman–Crippen LogP) is 0.0714. The van der Waals surface area contributed by atoms with Crippen molar-refractivity contribution in [1.82, 2.24) is 0 Å². The van der Waals surface area contributed by atoms with Crippen molar-refractivity contribution in [2.45, 2.75) is 38.9 Å². The van der Waals surface area contributed by atoms with Crippen LogP contribution in [0.1, 0.15) is 27.2 Å². The molecular weight excluding hydrogens is 160 g/mol. The molecule has 4 nitrogen and oxygen atoms in total. The molecule has 0 aromatic carbocycles. The third-order valence-electron chi connectivity index (χ3n) is 1.17. The van der Waals surface area contributed by atoms with Crippen molar-refractivity contribution in [2.24, 2.45) is 0 Å². The Hall–Kier alpha value is -0.610. The van der Waals surface area contributed by atoms with Gasteiger partial charge in [-0.05, 0) is 20.8 Å². The Labute approximate surface area is 72.2 Å². The molecule has 0 aromatic heterocycles. The molecule has 1 unspecified atom stereocenters. The number of rotatable bonds is 4. The molecule has 2 N–H and O–H groups in total. The van der Waals surface area contributed by atoms with Gasteiger partial charge in [0.15, 0.2) is 0 Å². The van der Waals surface area contributed by atoms with Gasteiger partial charge in [-0.25, -0.2) is 0 Å². The lowest BCUT2D eigenvalue weighted by molar-refractivity contribution is -0.154. The SMILES string of the molecule is CC(CO)OC(=O)CC(C)(C)O. The van der Waals surface area contributed by atoms with Crippen molar-refractivity contribution in [3.63, 3.8) is 0 Å². The third kappa shape index (κ3) is 6.12. The average molecular weight is 176 g/mol. The Bertz CT molecular complexity index is 148. The van der Waals surface area contributed by atoms with Gasteiger partial charge in [0, 0.05) is 0 Å². The molecular formula is C8H16O4. The predicted molar refractivity (Wildman–Crippen MR) is 43.6 cm³/mol. The highest BCUT2D eigenvalue weighted by atomic mass is 16.6. The molecule has 0 aromatic rings. The fourth-order valence-corrected chi connectivity index (χ4v) is 0.657. The Kier molecular flexibility index (Phi) is 4.20. The molecule has 0 aliphatic rings. The van der Waals surface area contributed by atoms with Crippen molar-refractivity contribution >= 4 is 5.97 Å². The molecule has 0 saturated carbocycles. The van der Waals surface area contributed by atoms with Crippen LogP contribution >= 0.6 is 0 Å². The molecule has 0 fully saturated rings. The van der Waals surface area contributed by atoms with E-state index in [1.165, 1.54) is 13.8 Å². The first-order valence-electron chi connectivity index (χ1n) is 3.88. The average Bonchev–Trinajstić information content (AvgIpc) is 1.82. The van der Waals surface area contributed by atoms with Gasteiger partial charge in [-0.1, -0.05) is 0 Å². The molecule has 0 heterocycles. The lowest BCUT2D eigenvalue weighted by atomic mass is 10.1. The number of hydrogen-bond donors (Lipinski definition) is 2. The van der Waals surface area contributed by atoms with Crippen LogP contribution in [0.3, 0.4) is 0 Å². The van der Waals surface area contributed by atoms with Crippen LogP contribution < -0.4 is 0 Å². The summed E-state index contributed by atoms with van der Waals surface area (Å²) in [6.45, 7) is 4.44. The highest BCUT2D eigenvalue weighted by Gasteiger charge is 2.20. The number of esters is 1. The van der Waals surface area contributed by atoms with E-state index in [0.29, 0.717) is 0 Å². The molecule has 0 spiro atoms. The topological polar surface area (TPSA) is 66.8 Å². The smallest absolute Gasteiger partial charge is 0.309 e. The molecule has 0 aliphatic heterocycles. The van der Waals surface area contributed by atoms with E-state index in [0.717, 1.165) is 0 Å². The van der Waals surface area contributed by atoms with Crippen molar-refractivity contribution in [3.8, 4) is 0 Å². The van der Waals surface area contributed by atoms with E-state index in [-0.39, 0.29) is 13.0 Å². The van der Waals surface area contributed by atoms with Gasteiger partial charge in [0.25, 0.3) is 0 Å². The van der Waals surface area contributed by atoms with Crippen LogP contribution in [0.25, 0.3) is 0 Å². The maximum absolute atomic E-state index is 10.9. The van der Waals surface area contributed by atoms with Crippen LogP contribution in [0.5, 0.6) is 0 Å². The number of carbonyl (C=O) groups excluding carboxylic acids is 1. The molecule has 0 amide bonds. The first-order chi connectivity index (χ1) is 5.35. The van der Waals surface area contributed by atoms with Gasteiger partial charge in [-0.2, -0.15) is 0 Å². The summed E-state index contributed by atoms with van der Waals surface area (Å²) in [5.41, 5.74) is -1.05. The second-order valence-electron chi connectivity index (χ2n) is 3.47. The number of aliphatic hydroxyl groups excluding tert-OH is 1. The lowest BCUT2D eigenvalue weighted by Crippen LogP contribution is -2.27. The molecule has 0 bridgehead atoms. The molecule has 1 atom stereocenters. The monoisotopic (exact) mass is 176 g/mol. The third-order valence-corrected chi connectivity index (χ3v) is 1.17. The zero-order chi connectivity index (χ0) is 9.78. The van der Waals surface area contributed by atoms with Crippen molar-refractivity contribution in [3.05, 3.63) is 0 Å². The van der Waals surface area contributed by atoms with Crippen molar-refractivity contribution in [1.29, 1.82) is 0 Å². The summed E-state index contributed by atoms with van der Waals surface area (Å²) in [4.78, 5) is 10.9. The molecule has 0 rings (SSSR count). The van der Waals surface area contributed by atoms with Gasteiger partial charge >= 0.3 is 5.97 Å². The van der Waals surface area contributed by atoms with Gasteiger partial charge in [0.05, 0.1) is 18.6 Å². The van der Waals surface area contributed by atoms with Crippen LogP contribution in [0.15, 0.2) is 0 Å². The van der Waals surface area contributed by atoms with E-state index < -0.39 is 17.7 Å². The quantitative estimate of drug-likeness (QED) is 0.595. The largest absolute Gasteiger partial charge is 0.460 e. The summed E-state index contributed by atoms with van der Waals surface area (Å²) >= 11 is 0. The van der Waals surface area contributed by atoms with Gasteiger partial charge in [0.1, 0.15) is 6.10 Å². The Morgan fingerprint density at radius 1 is 1.58 bits per heavy atom. The van der Waals surface area contributed by atoms with Crippen LogP contribution in [0, 0.1) is 0 Å². The van der Waals surface area contributed by atoms with Crippen LogP contribution in [0.2, 0.25) is 0 Å². The minimum absolute atomic E-state index is 0.0582. The minimum Gasteiger partial charge on any atom is -0.460 e. The molecule has 72 valence electrons. The molecule has 12 heavy (non-hydrogen) atoms. The second-order valence-corrected chi connectivity index (χ2v) is 3.47. The van der Waals surface area contributed by atoms with Gasteiger partial charge in [-0.3, -0.25) is 4.79 Å². The zero-order valence-electron chi connectivity index (χ0n) is 7.70. The van der Waals surface area contributed by atoms with Crippen LogP contribution in [0.4, 0.5) is 0 Å². The summed E-state index contributed by atoms with van der Waals surface area (Å²) < 4.78 is 4.73. The Balaban J connectivity index is 3.75. The van der Waals surface area contributed by atoms with Gasteiger partial charge < -0.3 is 14.9 Å². The number of aliphatic hydroxyl groups is 2. The number of hydrogen-bond acceptors (Lipinski definition) is 4. The maximum atomic E-state index is 10.9. The van der Waals surface area contributed by atoms with Crippen molar-refractivity contribution < 1.29 is 19.7 Å². The van der Waals surface area contributed by atoms with E-state index in [4.69, 9.17) is 9.84 Å².